The Morgan fingerprint density at radius 1 is 1.31 bits per heavy atom. The number of benzene rings is 1. The Kier molecular flexibility index (Phi) is 6.45. The summed E-state index contributed by atoms with van der Waals surface area (Å²) in [4.78, 5) is 19.0. The lowest BCUT2D eigenvalue weighted by atomic mass is 9.95. The minimum Gasteiger partial charge on any atom is -0.494 e. The molecule has 1 N–H and O–H groups in total. The first-order chi connectivity index (χ1) is 15.6. The normalized spacial score (nSPS) is 15.2. The number of nitriles is 1. The van der Waals surface area contributed by atoms with Crippen molar-refractivity contribution in [3.05, 3.63) is 53.9 Å². The van der Waals surface area contributed by atoms with Crippen LogP contribution < -0.4 is 15.0 Å². The van der Waals surface area contributed by atoms with Gasteiger partial charge in [0.1, 0.15) is 11.8 Å². The number of oxazole rings is 1. The number of rotatable bonds is 7. The lowest BCUT2D eigenvalue weighted by molar-refractivity contribution is -0.126. The number of ether oxygens (including phenoxy) is 1. The molecule has 1 saturated heterocycles. The number of amides is 1. The third-order valence-corrected chi connectivity index (χ3v) is 5.65. The average molecular weight is 434 g/mol. The van der Waals surface area contributed by atoms with Gasteiger partial charge in [-0.05, 0) is 56.5 Å². The third-order valence-electron chi connectivity index (χ3n) is 5.65. The van der Waals surface area contributed by atoms with Crippen molar-refractivity contribution in [3.8, 4) is 23.5 Å². The maximum absolute atomic E-state index is 12.8. The predicted molar refractivity (Wildman–Crippen MR) is 118 cm³/mol. The van der Waals surface area contributed by atoms with E-state index in [1.165, 1.54) is 6.26 Å². The van der Waals surface area contributed by atoms with E-state index in [-0.39, 0.29) is 29.5 Å². The molecule has 8 nitrogen and oxygen atoms in total. The molecule has 0 radical (unpaired) electrons. The molecule has 1 atom stereocenters. The summed E-state index contributed by atoms with van der Waals surface area (Å²) in [5.41, 5.74) is 1.26. The monoisotopic (exact) mass is 434 g/mol. The Balaban J connectivity index is 1.34. The van der Waals surface area contributed by atoms with Crippen molar-refractivity contribution in [1.29, 1.82) is 5.26 Å². The van der Waals surface area contributed by atoms with Gasteiger partial charge in [0.2, 0.25) is 17.5 Å². The van der Waals surface area contributed by atoms with E-state index in [1.807, 2.05) is 43.0 Å². The molecule has 32 heavy (non-hydrogen) atoms. The van der Waals surface area contributed by atoms with Gasteiger partial charge in [-0.25, -0.2) is 0 Å². The summed E-state index contributed by atoms with van der Waals surface area (Å²) in [6.07, 6.45) is 2.87. The van der Waals surface area contributed by atoms with Gasteiger partial charge in [-0.3, -0.25) is 4.79 Å². The van der Waals surface area contributed by atoms with Crippen molar-refractivity contribution in [2.45, 2.75) is 32.7 Å². The fourth-order valence-electron chi connectivity index (χ4n) is 3.88. The van der Waals surface area contributed by atoms with Crippen LogP contribution in [0.4, 0.5) is 5.88 Å². The number of anilines is 1. The van der Waals surface area contributed by atoms with Crippen molar-refractivity contribution >= 4 is 11.8 Å². The van der Waals surface area contributed by atoms with E-state index in [9.17, 15) is 10.1 Å². The Labute approximate surface area is 186 Å². The second-order valence-electron chi connectivity index (χ2n) is 7.76. The standard InChI is InChI=1S/C24H26N4O4/c1-3-30-19-8-6-17(7-9-19)16(2)26-22(29)18-10-12-28(13-11-18)24-20(15-25)27-23(32-24)21-5-4-14-31-21/h4-9,14,16,18H,3,10-13H2,1-2H3,(H,26,29). The highest BCUT2D eigenvalue weighted by molar-refractivity contribution is 5.79. The SMILES string of the molecule is CCOc1ccc(C(C)NC(=O)C2CCN(c3oc(-c4ccco4)nc3C#N)CC2)cc1. The molecule has 1 aliphatic heterocycles. The lowest BCUT2D eigenvalue weighted by Crippen LogP contribution is -2.41. The molecule has 0 aliphatic carbocycles. The van der Waals surface area contributed by atoms with Crippen molar-refractivity contribution in [1.82, 2.24) is 10.3 Å². The van der Waals surface area contributed by atoms with E-state index in [4.69, 9.17) is 13.6 Å². The van der Waals surface area contributed by atoms with E-state index in [2.05, 4.69) is 16.4 Å². The van der Waals surface area contributed by atoms with Crippen LogP contribution in [0.5, 0.6) is 5.75 Å². The maximum Gasteiger partial charge on any atom is 0.266 e. The number of nitrogens with zero attached hydrogens (tertiary/aromatic N) is 3. The number of nitrogens with one attached hydrogen (secondary N) is 1. The molecular formula is C24H26N4O4. The summed E-state index contributed by atoms with van der Waals surface area (Å²) in [5.74, 6) is 1.97. The number of piperidine rings is 1. The molecule has 3 aromatic rings. The highest BCUT2D eigenvalue weighted by atomic mass is 16.5. The molecule has 0 saturated carbocycles. The fourth-order valence-corrected chi connectivity index (χ4v) is 3.88. The third kappa shape index (κ3) is 4.62. The van der Waals surface area contributed by atoms with Crippen LogP contribution in [0.2, 0.25) is 0 Å². The van der Waals surface area contributed by atoms with Gasteiger partial charge in [0.15, 0.2) is 5.76 Å². The van der Waals surface area contributed by atoms with Crippen molar-refractivity contribution in [2.75, 3.05) is 24.6 Å². The first-order valence-corrected chi connectivity index (χ1v) is 10.8. The summed E-state index contributed by atoms with van der Waals surface area (Å²) >= 11 is 0. The summed E-state index contributed by atoms with van der Waals surface area (Å²) < 4.78 is 16.6. The zero-order valence-electron chi connectivity index (χ0n) is 18.2. The minimum atomic E-state index is -0.0912. The van der Waals surface area contributed by atoms with Gasteiger partial charge < -0.3 is 23.8 Å². The largest absolute Gasteiger partial charge is 0.494 e. The molecule has 1 aromatic carbocycles. The van der Waals surface area contributed by atoms with Crippen molar-refractivity contribution in [3.63, 3.8) is 0 Å². The Morgan fingerprint density at radius 3 is 2.69 bits per heavy atom. The van der Waals surface area contributed by atoms with Gasteiger partial charge in [0.05, 0.1) is 18.9 Å². The molecule has 2 aromatic heterocycles. The molecule has 0 spiro atoms. The van der Waals surface area contributed by atoms with Crippen LogP contribution in [0.25, 0.3) is 11.7 Å². The number of carbonyl (C=O) groups excluding carboxylic acids is 1. The van der Waals surface area contributed by atoms with Gasteiger partial charge >= 0.3 is 0 Å². The fraction of sp³-hybridized carbons (Fsp3) is 0.375. The predicted octanol–water partition coefficient (Wildman–Crippen LogP) is 4.30. The highest BCUT2D eigenvalue weighted by Crippen LogP contribution is 2.31. The molecule has 0 bridgehead atoms. The zero-order valence-corrected chi connectivity index (χ0v) is 18.2. The first kappa shape index (κ1) is 21.5. The van der Waals surface area contributed by atoms with Crippen LogP contribution in [-0.4, -0.2) is 30.6 Å². The van der Waals surface area contributed by atoms with E-state index in [0.29, 0.717) is 44.2 Å². The smallest absolute Gasteiger partial charge is 0.266 e. The van der Waals surface area contributed by atoms with Crippen LogP contribution in [-0.2, 0) is 4.79 Å². The molecule has 1 unspecified atom stereocenters. The maximum atomic E-state index is 12.8. The zero-order chi connectivity index (χ0) is 22.5. The summed E-state index contributed by atoms with van der Waals surface area (Å²) in [5, 5.41) is 12.6. The molecule has 1 amide bonds. The number of aromatic nitrogens is 1. The van der Waals surface area contributed by atoms with E-state index in [0.717, 1.165) is 11.3 Å². The Hall–Kier alpha value is -3.73. The van der Waals surface area contributed by atoms with Crippen LogP contribution in [0.1, 0.15) is 44.0 Å². The van der Waals surface area contributed by atoms with E-state index >= 15 is 0 Å². The van der Waals surface area contributed by atoms with Gasteiger partial charge in [-0.2, -0.15) is 10.2 Å². The second kappa shape index (κ2) is 9.60. The molecule has 3 heterocycles. The molecular weight excluding hydrogens is 408 g/mol. The summed E-state index contributed by atoms with van der Waals surface area (Å²) in [7, 11) is 0. The van der Waals surface area contributed by atoms with Crippen LogP contribution in [0.3, 0.4) is 0 Å². The van der Waals surface area contributed by atoms with Crippen molar-refractivity contribution < 1.29 is 18.4 Å². The number of hydrogen-bond acceptors (Lipinski definition) is 7. The average Bonchev–Trinajstić information content (AvgIpc) is 3.50. The van der Waals surface area contributed by atoms with Crippen LogP contribution >= 0.6 is 0 Å². The molecule has 1 aliphatic rings. The number of hydrogen-bond donors (Lipinski definition) is 1. The summed E-state index contributed by atoms with van der Waals surface area (Å²) in [6, 6.07) is 13.3. The minimum absolute atomic E-state index is 0.0420. The number of carbonyl (C=O) groups is 1. The van der Waals surface area contributed by atoms with Crippen LogP contribution in [0, 0.1) is 17.2 Å². The van der Waals surface area contributed by atoms with Gasteiger partial charge in [-0.1, -0.05) is 12.1 Å². The van der Waals surface area contributed by atoms with Gasteiger partial charge in [0, 0.05) is 19.0 Å². The van der Waals surface area contributed by atoms with Gasteiger partial charge in [-0.15, -0.1) is 0 Å². The highest BCUT2D eigenvalue weighted by Gasteiger charge is 2.30. The van der Waals surface area contributed by atoms with Crippen LogP contribution in [0.15, 0.2) is 51.5 Å². The first-order valence-electron chi connectivity index (χ1n) is 10.8. The molecule has 8 heteroatoms. The molecule has 166 valence electrons. The van der Waals surface area contributed by atoms with Crippen molar-refractivity contribution in [2.24, 2.45) is 5.92 Å². The Morgan fingerprint density at radius 2 is 2.06 bits per heavy atom. The topological polar surface area (TPSA) is 105 Å². The number of furan rings is 1. The van der Waals surface area contributed by atoms with E-state index < -0.39 is 0 Å². The lowest BCUT2D eigenvalue weighted by Gasteiger charge is -2.31. The molecule has 4 rings (SSSR count). The quantitative estimate of drug-likeness (QED) is 0.591. The van der Waals surface area contributed by atoms with Gasteiger partial charge in [0.25, 0.3) is 5.89 Å². The second-order valence-corrected chi connectivity index (χ2v) is 7.76. The summed E-state index contributed by atoms with van der Waals surface area (Å²) in [6.45, 7) is 5.77. The Bertz CT molecular complexity index is 1070. The molecule has 1 fully saturated rings. The van der Waals surface area contributed by atoms with E-state index in [1.54, 1.807) is 12.1 Å².